The molecule has 0 bridgehead atoms. The molecule has 4 rings (SSSR count). The number of rotatable bonds is 6. The summed E-state index contributed by atoms with van der Waals surface area (Å²) in [5.74, 6) is 5.70. The first-order valence-electron chi connectivity index (χ1n) is 12.4. The number of likely N-dealkylation sites (N-methyl/N-ethyl adjacent to an activating group) is 1. The van der Waals surface area contributed by atoms with Crippen molar-refractivity contribution in [1.29, 1.82) is 0 Å². The van der Waals surface area contributed by atoms with Gasteiger partial charge in [0.05, 0.1) is 18.0 Å². The van der Waals surface area contributed by atoms with Crippen molar-refractivity contribution < 1.29 is 26.7 Å². The third-order valence-corrected chi connectivity index (χ3v) is 10.4. The van der Waals surface area contributed by atoms with E-state index in [-0.39, 0.29) is 35.2 Å². The van der Waals surface area contributed by atoms with Gasteiger partial charge in [0.15, 0.2) is 0 Å². The zero-order chi connectivity index (χ0) is 28.2. The number of aliphatic hydroxyl groups is 1. The van der Waals surface area contributed by atoms with E-state index in [4.69, 9.17) is 4.74 Å². The lowest BCUT2D eigenvalue weighted by molar-refractivity contribution is 0.0904. The third kappa shape index (κ3) is 6.32. The lowest BCUT2D eigenvalue weighted by Crippen LogP contribution is -2.50. The number of ether oxygens (including phenoxy) is 1. The van der Waals surface area contributed by atoms with Crippen molar-refractivity contribution in [2.24, 2.45) is 5.92 Å². The number of hydrogen-bond donors (Lipinski definition) is 1. The highest BCUT2D eigenvalue weighted by Crippen LogP contribution is 2.34. The molecule has 0 unspecified atom stereocenters. The molecular weight excluding hydrogens is 538 g/mol. The van der Waals surface area contributed by atoms with Crippen LogP contribution in [-0.2, 0) is 20.0 Å². The Balaban J connectivity index is 1.75. The molecule has 11 heteroatoms. The number of aliphatic hydroxyl groups excluding tert-OH is 1. The topological polar surface area (TPSA) is 117 Å². The van der Waals surface area contributed by atoms with Gasteiger partial charge >= 0.3 is 0 Å². The number of benzene rings is 2. The van der Waals surface area contributed by atoms with Crippen molar-refractivity contribution in [3.8, 4) is 17.6 Å². The zero-order valence-electron chi connectivity index (χ0n) is 21.9. The second-order valence-corrected chi connectivity index (χ2v) is 13.4. The van der Waals surface area contributed by atoms with Crippen LogP contribution in [0, 0.1) is 17.8 Å². The van der Waals surface area contributed by atoms with Gasteiger partial charge in [0.2, 0.25) is 20.0 Å². The Kier molecular flexibility index (Phi) is 8.73. The quantitative estimate of drug-likeness (QED) is 0.454. The molecular formula is C28H31N3O6S2. The fourth-order valence-electron chi connectivity index (χ4n) is 4.22. The number of fused-ring (bicyclic) bond motifs is 1. The van der Waals surface area contributed by atoms with Gasteiger partial charge in [-0.15, -0.1) is 0 Å². The Hall–Kier alpha value is -3.27. The molecule has 0 saturated carbocycles. The van der Waals surface area contributed by atoms with Crippen LogP contribution in [0.2, 0.25) is 0 Å². The van der Waals surface area contributed by atoms with Crippen molar-refractivity contribution in [1.82, 2.24) is 13.6 Å². The maximum atomic E-state index is 13.7. The predicted octanol–water partition coefficient (Wildman–Crippen LogP) is 2.57. The Bertz CT molecular complexity index is 1570. The summed E-state index contributed by atoms with van der Waals surface area (Å²) in [5.41, 5.74) is 1.27. The molecule has 2 aromatic carbocycles. The van der Waals surface area contributed by atoms with Crippen LogP contribution in [0.5, 0.6) is 5.75 Å². The van der Waals surface area contributed by atoms with Crippen LogP contribution in [0.15, 0.2) is 82.8 Å². The van der Waals surface area contributed by atoms with Crippen LogP contribution >= 0.6 is 0 Å². The van der Waals surface area contributed by atoms with Gasteiger partial charge in [-0.3, -0.25) is 4.98 Å². The average molecular weight is 570 g/mol. The molecule has 1 aliphatic heterocycles. The maximum absolute atomic E-state index is 13.7. The lowest BCUT2D eigenvalue weighted by Gasteiger charge is -2.37. The van der Waals surface area contributed by atoms with Gasteiger partial charge in [0, 0.05) is 49.1 Å². The molecule has 0 fully saturated rings. The van der Waals surface area contributed by atoms with Crippen molar-refractivity contribution in [3.05, 3.63) is 84.2 Å². The maximum Gasteiger partial charge on any atom is 0.247 e. The summed E-state index contributed by atoms with van der Waals surface area (Å²) in [6, 6.07) is 15.5. The van der Waals surface area contributed by atoms with Crippen LogP contribution in [0.25, 0.3) is 0 Å². The summed E-state index contributed by atoms with van der Waals surface area (Å²) in [5, 5.41) is 9.83. The monoisotopic (exact) mass is 569 g/mol. The van der Waals surface area contributed by atoms with Gasteiger partial charge in [0.1, 0.15) is 16.7 Å². The molecule has 1 N–H and O–H groups in total. The first-order chi connectivity index (χ1) is 18.5. The van der Waals surface area contributed by atoms with Crippen LogP contribution in [-0.4, -0.2) is 74.4 Å². The lowest BCUT2D eigenvalue weighted by atomic mass is 10.0. The highest BCUT2D eigenvalue weighted by atomic mass is 32.2. The van der Waals surface area contributed by atoms with Crippen molar-refractivity contribution >= 4 is 20.0 Å². The molecule has 0 aliphatic carbocycles. The van der Waals surface area contributed by atoms with Gasteiger partial charge in [-0.2, -0.15) is 8.61 Å². The van der Waals surface area contributed by atoms with E-state index in [0.717, 1.165) is 5.56 Å². The van der Waals surface area contributed by atoms with Crippen molar-refractivity contribution in [2.45, 2.75) is 35.8 Å². The molecule has 3 atom stereocenters. The van der Waals surface area contributed by atoms with Gasteiger partial charge in [0.25, 0.3) is 0 Å². The molecule has 0 spiro atoms. The highest BCUT2D eigenvalue weighted by molar-refractivity contribution is 7.89. The molecule has 1 aromatic heterocycles. The SMILES string of the molecule is C[C@@H]1CN([C@H](C)CO)S(=O)(=O)c2ccc(C#Cc3ccncc3)cc2O[C@H]1CN(C)S(=O)(=O)c1ccccc1. The third-order valence-electron chi connectivity index (χ3n) is 6.59. The minimum absolute atomic E-state index is 0.0217. The molecule has 3 aromatic rings. The predicted molar refractivity (Wildman–Crippen MR) is 147 cm³/mol. The van der Waals surface area contributed by atoms with Crippen LogP contribution < -0.4 is 4.74 Å². The summed E-state index contributed by atoms with van der Waals surface area (Å²) in [4.78, 5) is 4.06. The molecule has 39 heavy (non-hydrogen) atoms. The molecule has 2 heterocycles. The summed E-state index contributed by atoms with van der Waals surface area (Å²) in [6.45, 7) is 3.08. The number of sulfonamides is 2. The Morgan fingerprint density at radius 2 is 1.77 bits per heavy atom. The Morgan fingerprint density at radius 1 is 1.10 bits per heavy atom. The molecule has 9 nitrogen and oxygen atoms in total. The molecule has 0 radical (unpaired) electrons. The standard InChI is InChI=1S/C28H31N3O6S2/c1-21-18-31(22(2)20-32)39(35,36)28-12-11-24(10-9-23-13-15-29-16-14-23)17-26(28)37-27(21)19-30(3)38(33,34)25-7-5-4-6-8-25/h4-8,11-17,21-22,27,32H,18-20H2,1-3H3/t21-,22-,27+/m1/s1. The summed E-state index contributed by atoms with van der Waals surface area (Å²) >= 11 is 0. The van der Waals surface area contributed by atoms with E-state index in [1.807, 2.05) is 0 Å². The second-order valence-electron chi connectivity index (χ2n) is 9.49. The number of hydrogen-bond acceptors (Lipinski definition) is 7. The van der Waals surface area contributed by atoms with E-state index in [2.05, 4.69) is 16.8 Å². The van der Waals surface area contributed by atoms with E-state index in [1.165, 1.54) is 33.9 Å². The van der Waals surface area contributed by atoms with Gasteiger partial charge in [-0.1, -0.05) is 37.0 Å². The fourth-order valence-corrected chi connectivity index (χ4v) is 7.25. The normalized spacial score (nSPS) is 20.0. The molecule has 206 valence electrons. The molecule has 1 aliphatic rings. The summed E-state index contributed by atoms with van der Waals surface area (Å²) in [6.07, 6.45) is 2.56. The van der Waals surface area contributed by atoms with E-state index in [9.17, 15) is 21.9 Å². The van der Waals surface area contributed by atoms with Gasteiger partial charge in [-0.05, 0) is 49.4 Å². The van der Waals surface area contributed by atoms with E-state index >= 15 is 0 Å². The molecule has 0 amide bonds. The van der Waals surface area contributed by atoms with Gasteiger partial charge < -0.3 is 9.84 Å². The summed E-state index contributed by atoms with van der Waals surface area (Å²) < 4.78 is 62.5. The van der Waals surface area contributed by atoms with Crippen molar-refractivity contribution in [2.75, 3.05) is 26.7 Å². The molecule has 0 saturated heterocycles. The first-order valence-corrected chi connectivity index (χ1v) is 15.3. The van der Waals surface area contributed by atoms with Crippen LogP contribution in [0.3, 0.4) is 0 Å². The van der Waals surface area contributed by atoms with Gasteiger partial charge in [-0.25, -0.2) is 16.8 Å². The largest absolute Gasteiger partial charge is 0.487 e. The number of aromatic nitrogens is 1. The number of nitrogens with zero attached hydrogens (tertiary/aromatic N) is 3. The zero-order valence-corrected chi connectivity index (χ0v) is 23.6. The Labute approximate surface area is 230 Å². The average Bonchev–Trinajstić information content (AvgIpc) is 2.94. The smallest absolute Gasteiger partial charge is 0.247 e. The second kappa shape index (κ2) is 11.9. The fraction of sp³-hybridized carbons (Fsp3) is 0.321. The highest BCUT2D eigenvalue weighted by Gasteiger charge is 2.39. The van der Waals surface area contributed by atoms with E-state index in [1.54, 1.807) is 68.7 Å². The van der Waals surface area contributed by atoms with Crippen LogP contribution in [0.1, 0.15) is 25.0 Å². The first kappa shape index (κ1) is 28.7. The van der Waals surface area contributed by atoms with Crippen LogP contribution in [0.4, 0.5) is 0 Å². The van der Waals surface area contributed by atoms with Crippen molar-refractivity contribution in [3.63, 3.8) is 0 Å². The minimum Gasteiger partial charge on any atom is -0.487 e. The summed E-state index contributed by atoms with van der Waals surface area (Å²) in [7, 11) is -6.37. The van der Waals surface area contributed by atoms with E-state index in [0.29, 0.717) is 5.56 Å². The Morgan fingerprint density at radius 3 is 2.44 bits per heavy atom. The van der Waals surface area contributed by atoms with E-state index < -0.39 is 38.1 Å². The minimum atomic E-state index is -4.03. The number of pyridine rings is 1.